The van der Waals surface area contributed by atoms with Crippen LogP contribution in [0, 0.1) is 0 Å². The summed E-state index contributed by atoms with van der Waals surface area (Å²) in [6.07, 6.45) is 5.96. The molecule has 12 heavy (non-hydrogen) atoms. The number of rotatable bonds is 3. The molecule has 2 heteroatoms. The molecule has 2 unspecified atom stereocenters. The molecule has 0 saturated carbocycles. The minimum absolute atomic E-state index is 0.215. The summed E-state index contributed by atoms with van der Waals surface area (Å²) in [6, 6.07) is 0.358. The van der Waals surface area contributed by atoms with Gasteiger partial charge in [0.25, 0.3) is 0 Å². The number of piperidine rings is 1. The second-order valence-electron chi connectivity index (χ2n) is 3.64. The third-order valence-corrected chi connectivity index (χ3v) is 2.68. The summed E-state index contributed by atoms with van der Waals surface area (Å²) in [7, 11) is 2.09. The van der Waals surface area contributed by atoms with Crippen molar-refractivity contribution in [2.45, 2.75) is 37.8 Å². The molecule has 0 spiro atoms. The van der Waals surface area contributed by atoms with Crippen LogP contribution in [-0.4, -0.2) is 35.7 Å². The second kappa shape index (κ2) is 4.63. The first kappa shape index (κ1) is 9.75. The highest BCUT2D eigenvalue weighted by molar-refractivity contribution is 4.85. The summed E-state index contributed by atoms with van der Waals surface area (Å²) in [5.41, 5.74) is 0. The molecule has 2 atom stereocenters. The van der Waals surface area contributed by atoms with Gasteiger partial charge in [-0.15, -0.1) is 6.58 Å². The van der Waals surface area contributed by atoms with Crippen LogP contribution in [0.2, 0.25) is 0 Å². The van der Waals surface area contributed by atoms with Crippen LogP contribution in [0.15, 0.2) is 12.7 Å². The molecule has 1 N–H and O–H groups in total. The lowest BCUT2D eigenvalue weighted by atomic mass is 9.96. The zero-order chi connectivity index (χ0) is 8.97. The molecule has 1 rings (SSSR count). The first-order valence-electron chi connectivity index (χ1n) is 4.75. The van der Waals surface area contributed by atoms with Crippen molar-refractivity contribution in [1.82, 2.24) is 4.90 Å². The summed E-state index contributed by atoms with van der Waals surface area (Å²) >= 11 is 0. The van der Waals surface area contributed by atoms with Gasteiger partial charge in [-0.05, 0) is 32.9 Å². The molecule has 1 saturated heterocycles. The first-order valence-corrected chi connectivity index (χ1v) is 4.75. The van der Waals surface area contributed by atoms with Gasteiger partial charge in [-0.1, -0.05) is 12.5 Å². The van der Waals surface area contributed by atoms with E-state index in [1.54, 1.807) is 6.08 Å². The number of likely N-dealkylation sites (N-methyl/N-ethyl adjacent to an activating group) is 1. The minimum Gasteiger partial charge on any atom is -0.391 e. The summed E-state index contributed by atoms with van der Waals surface area (Å²) in [5, 5.41) is 9.73. The highest BCUT2D eigenvalue weighted by Gasteiger charge is 2.24. The van der Waals surface area contributed by atoms with E-state index in [1.165, 1.54) is 12.8 Å². The molecule has 1 heterocycles. The van der Waals surface area contributed by atoms with Gasteiger partial charge in [-0.2, -0.15) is 0 Å². The Kier molecular flexibility index (Phi) is 3.76. The van der Waals surface area contributed by atoms with Gasteiger partial charge in [0, 0.05) is 6.04 Å². The van der Waals surface area contributed by atoms with Crippen LogP contribution in [0.1, 0.15) is 25.7 Å². The number of nitrogens with zero attached hydrogens (tertiary/aromatic N) is 1. The molecular formula is C10H19NO. The van der Waals surface area contributed by atoms with Crippen LogP contribution < -0.4 is 0 Å². The van der Waals surface area contributed by atoms with Crippen molar-refractivity contribution < 1.29 is 5.11 Å². The van der Waals surface area contributed by atoms with Crippen molar-refractivity contribution in [1.29, 1.82) is 0 Å². The van der Waals surface area contributed by atoms with Gasteiger partial charge in [0.2, 0.25) is 0 Å². The largest absolute Gasteiger partial charge is 0.391 e. The number of likely N-dealkylation sites (tertiary alicyclic amines) is 1. The molecule has 0 bridgehead atoms. The Labute approximate surface area is 74.9 Å². The van der Waals surface area contributed by atoms with Gasteiger partial charge in [0.15, 0.2) is 0 Å². The fraction of sp³-hybridized carbons (Fsp3) is 0.800. The molecule has 1 aliphatic rings. The van der Waals surface area contributed by atoms with Crippen molar-refractivity contribution in [2.75, 3.05) is 13.6 Å². The fourth-order valence-electron chi connectivity index (χ4n) is 1.91. The van der Waals surface area contributed by atoms with Gasteiger partial charge in [-0.3, -0.25) is 0 Å². The lowest BCUT2D eigenvalue weighted by Crippen LogP contribution is -2.44. The predicted octanol–water partition coefficient (Wildman–Crippen LogP) is 1.41. The number of hydrogen-bond acceptors (Lipinski definition) is 2. The zero-order valence-corrected chi connectivity index (χ0v) is 7.87. The van der Waals surface area contributed by atoms with Crippen molar-refractivity contribution in [3.63, 3.8) is 0 Å². The van der Waals surface area contributed by atoms with Gasteiger partial charge in [0.1, 0.15) is 0 Å². The maximum absolute atomic E-state index is 9.73. The van der Waals surface area contributed by atoms with Crippen LogP contribution in [0.5, 0.6) is 0 Å². The monoisotopic (exact) mass is 169 g/mol. The molecule has 0 aliphatic carbocycles. The Bertz CT molecular complexity index is 147. The van der Waals surface area contributed by atoms with Crippen molar-refractivity contribution in [3.05, 3.63) is 12.7 Å². The lowest BCUT2D eigenvalue weighted by Gasteiger charge is -2.35. The van der Waals surface area contributed by atoms with E-state index >= 15 is 0 Å². The van der Waals surface area contributed by atoms with Crippen LogP contribution in [0.4, 0.5) is 0 Å². The molecule has 70 valence electrons. The number of hydrogen-bond donors (Lipinski definition) is 1. The third kappa shape index (κ3) is 2.32. The van der Waals surface area contributed by atoms with E-state index in [4.69, 9.17) is 0 Å². The van der Waals surface area contributed by atoms with E-state index in [0.717, 1.165) is 19.4 Å². The molecule has 0 aromatic rings. The maximum Gasteiger partial charge on any atom is 0.0729 e. The van der Waals surface area contributed by atoms with E-state index < -0.39 is 0 Å². The molecule has 0 aromatic carbocycles. The Morgan fingerprint density at radius 1 is 1.67 bits per heavy atom. The average Bonchev–Trinajstić information content (AvgIpc) is 2.05. The summed E-state index contributed by atoms with van der Waals surface area (Å²) in [5.74, 6) is 0. The molecule has 0 radical (unpaired) electrons. The average molecular weight is 169 g/mol. The number of aliphatic hydroxyl groups excluding tert-OH is 1. The van der Waals surface area contributed by atoms with E-state index in [-0.39, 0.29) is 6.10 Å². The third-order valence-electron chi connectivity index (χ3n) is 2.68. The van der Waals surface area contributed by atoms with Crippen molar-refractivity contribution >= 4 is 0 Å². The Morgan fingerprint density at radius 2 is 2.42 bits per heavy atom. The molecule has 1 fully saturated rings. The first-order chi connectivity index (χ1) is 5.75. The Morgan fingerprint density at radius 3 is 3.00 bits per heavy atom. The standard InChI is InChI=1S/C10H19NO/c1-3-6-10(12)9-7-4-5-8-11(9)2/h3,9-10,12H,1,4-8H2,2H3. The summed E-state index contributed by atoms with van der Waals surface area (Å²) in [6.45, 7) is 4.77. The topological polar surface area (TPSA) is 23.5 Å². The van der Waals surface area contributed by atoms with Crippen molar-refractivity contribution in [3.8, 4) is 0 Å². The predicted molar refractivity (Wildman–Crippen MR) is 51.1 cm³/mol. The lowest BCUT2D eigenvalue weighted by molar-refractivity contribution is 0.0432. The highest BCUT2D eigenvalue weighted by Crippen LogP contribution is 2.19. The quantitative estimate of drug-likeness (QED) is 0.646. The van der Waals surface area contributed by atoms with Crippen molar-refractivity contribution in [2.24, 2.45) is 0 Å². The van der Waals surface area contributed by atoms with E-state index in [9.17, 15) is 5.11 Å². The fourth-order valence-corrected chi connectivity index (χ4v) is 1.91. The smallest absolute Gasteiger partial charge is 0.0729 e. The van der Waals surface area contributed by atoms with Crippen LogP contribution >= 0.6 is 0 Å². The molecule has 0 aromatic heterocycles. The number of aliphatic hydroxyl groups is 1. The molecule has 2 nitrogen and oxygen atoms in total. The van der Waals surface area contributed by atoms with Crippen LogP contribution in [0.3, 0.4) is 0 Å². The zero-order valence-electron chi connectivity index (χ0n) is 7.87. The van der Waals surface area contributed by atoms with Gasteiger partial charge >= 0.3 is 0 Å². The maximum atomic E-state index is 9.73. The molecular weight excluding hydrogens is 150 g/mol. The minimum atomic E-state index is -0.215. The van der Waals surface area contributed by atoms with E-state index in [1.807, 2.05) is 0 Å². The Balaban J connectivity index is 2.41. The van der Waals surface area contributed by atoms with Crippen LogP contribution in [0.25, 0.3) is 0 Å². The normalized spacial score (nSPS) is 28.3. The Hall–Kier alpha value is -0.340. The van der Waals surface area contributed by atoms with E-state index in [0.29, 0.717) is 6.04 Å². The van der Waals surface area contributed by atoms with Gasteiger partial charge in [-0.25, -0.2) is 0 Å². The highest BCUT2D eigenvalue weighted by atomic mass is 16.3. The van der Waals surface area contributed by atoms with Crippen LogP contribution in [-0.2, 0) is 0 Å². The SMILES string of the molecule is C=CCC(O)C1CCCCN1C. The molecule has 1 aliphatic heterocycles. The summed E-state index contributed by atoms with van der Waals surface area (Å²) < 4.78 is 0. The van der Waals surface area contributed by atoms with Gasteiger partial charge < -0.3 is 10.0 Å². The van der Waals surface area contributed by atoms with Gasteiger partial charge in [0.05, 0.1) is 6.10 Å². The molecule has 0 amide bonds. The van der Waals surface area contributed by atoms with E-state index in [2.05, 4.69) is 18.5 Å². The second-order valence-corrected chi connectivity index (χ2v) is 3.64. The summed E-state index contributed by atoms with van der Waals surface area (Å²) in [4.78, 5) is 2.26.